The van der Waals surface area contributed by atoms with Gasteiger partial charge in [0.2, 0.25) is 0 Å². The number of hydrogen-bond acceptors (Lipinski definition) is 3. The highest BCUT2D eigenvalue weighted by Gasteiger charge is 2.18. The van der Waals surface area contributed by atoms with E-state index in [9.17, 15) is 0 Å². The van der Waals surface area contributed by atoms with E-state index in [1.165, 1.54) is 111 Å². The molecule has 0 saturated heterocycles. The summed E-state index contributed by atoms with van der Waals surface area (Å²) >= 11 is 1.88. The Hall–Kier alpha value is -3.76. The van der Waals surface area contributed by atoms with Crippen molar-refractivity contribution in [2.75, 3.05) is 0 Å². The standard InChI is InChI=1S/C41H47N3S/c1-6-8-10-12-14-31-16-19-33(20-17-31)35-24-28(3)40(29(4)25-35)44-41(42-30(5)43-44)34-21-23-39-37(27-34)36-26-32(15-13-11-9-7-2)18-22-38(36)45-39/h16-27H,6-15H2,1-5H3. The average molecular weight is 614 g/mol. The van der Waals surface area contributed by atoms with Crippen LogP contribution < -0.4 is 0 Å². The van der Waals surface area contributed by atoms with Gasteiger partial charge in [0.1, 0.15) is 5.82 Å². The summed E-state index contributed by atoms with van der Waals surface area (Å²) < 4.78 is 4.74. The van der Waals surface area contributed by atoms with E-state index in [0.29, 0.717) is 0 Å². The lowest BCUT2D eigenvalue weighted by Crippen LogP contribution is -2.05. The van der Waals surface area contributed by atoms with Crippen molar-refractivity contribution < 1.29 is 0 Å². The van der Waals surface area contributed by atoms with E-state index < -0.39 is 0 Å². The molecule has 6 rings (SSSR count). The zero-order chi connectivity index (χ0) is 31.3. The molecule has 2 heterocycles. The topological polar surface area (TPSA) is 30.7 Å². The van der Waals surface area contributed by atoms with Gasteiger partial charge in [0.25, 0.3) is 0 Å². The highest BCUT2D eigenvalue weighted by atomic mass is 32.1. The third kappa shape index (κ3) is 6.92. The molecule has 4 heteroatoms. The first kappa shape index (κ1) is 31.2. The van der Waals surface area contributed by atoms with Crippen LogP contribution in [0.2, 0.25) is 0 Å². The first-order chi connectivity index (χ1) is 21.9. The summed E-state index contributed by atoms with van der Waals surface area (Å²) in [5.74, 6) is 1.68. The van der Waals surface area contributed by atoms with Gasteiger partial charge in [0.15, 0.2) is 5.82 Å². The second-order valence-electron chi connectivity index (χ2n) is 12.8. The molecular formula is C41H47N3S. The molecule has 0 saturated carbocycles. The van der Waals surface area contributed by atoms with Gasteiger partial charge in [-0.3, -0.25) is 0 Å². The Kier molecular flexibility index (Phi) is 9.80. The fraction of sp³-hybridized carbons (Fsp3) is 0.366. The van der Waals surface area contributed by atoms with Crippen LogP contribution in [0, 0.1) is 20.8 Å². The second kappa shape index (κ2) is 14.1. The van der Waals surface area contributed by atoms with Crippen molar-refractivity contribution in [3.8, 4) is 28.2 Å². The highest BCUT2D eigenvalue weighted by Crippen LogP contribution is 2.38. The van der Waals surface area contributed by atoms with Crippen LogP contribution >= 0.6 is 11.3 Å². The summed E-state index contributed by atoms with van der Waals surface area (Å²) in [4.78, 5) is 4.97. The van der Waals surface area contributed by atoms with E-state index in [-0.39, 0.29) is 0 Å². The minimum atomic E-state index is 0.784. The molecule has 0 atom stereocenters. The van der Waals surface area contributed by atoms with Gasteiger partial charge in [-0.05, 0) is 122 Å². The summed E-state index contributed by atoms with van der Waals surface area (Å²) in [6, 6.07) is 27.7. The van der Waals surface area contributed by atoms with Gasteiger partial charge >= 0.3 is 0 Å². The van der Waals surface area contributed by atoms with Crippen molar-refractivity contribution >= 4 is 31.5 Å². The summed E-state index contributed by atoms with van der Waals surface area (Å²) in [5.41, 5.74) is 10.0. The van der Waals surface area contributed by atoms with Gasteiger partial charge in [-0.15, -0.1) is 11.3 Å². The molecule has 0 amide bonds. The lowest BCUT2D eigenvalue weighted by molar-refractivity contribution is 0.667. The Morgan fingerprint density at radius 2 is 1.16 bits per heavy atom. The van der Waals surface area contributed by atoms with E-state index in [1.54, 1.807) is 0 Å². The molecule has 0 unspecified atom stereocenters. The maximum absolute atomic E-state index is 4.97. The number of hydrogen-bond donors (Lipinski definition) is 0. The Balaban J connectivity index is 1.31. The largest absolute Gasteiger partial charge is 0.212 e. The molecule has 0 aliphatic carbocycles. The Morgan fingerprint density at radius 3 is 1.82 bits per heavy atom. The number of aryl methyl sites for hydroxylation is 5. The fourth-order valence-electron chi connectivity index (χ4n) is 6.71. The molecule has 0 bridgehead atoms. The van der Waals surface area contributed by atoms with E-state index in [4.69, 9.17) is 10.1 Å². The summed E-state index contributed by atoms with van der Waals surface area (Å²) in [7, 11) is 0. The van der Waals surface area contributed by atoms with E-state index in [0.717, 1.165) is 29.3 Å². The molecule has 2 aromatic heterocycles. The maximum atomic E-state index is 4.97. The molecule has 0 aliphatic rings. The van der Waals surface area contributed by atoms with Crippen LogP contribution in [0.15, 0.2) is 72.8 Å². The number of nitrogens with zero attached hydrogens (tertiary/aromatic N) is 3. The van der Waals surface area contributed by atoms with Crippen LogP contribution in [0.1, 0.15) is 93.3 Å². The van der Waals surface area contributed by atoms with Crippen LogP contribution in [0.3, 0.4) is 0 Å². The van der Waals surface area contributed by atoms with Gasteiger partial charge in [0.05, 0.1) is 5.69 Å². The van der Waals surface area contributed by atoms with Crippen molar-refractivity contribution in [1.29, 1.82) is 0 Å². The van der Waals surface area contributed by atoms with Crippen LogP contribution in [0.25, 0.3) is 48.4 Å². The third-order valence-corrected chi connectivity index (χ3v) is 10.3. The van der Waals surface area contributed by atoms with Gasteiger partial charge in [-0.1, -0.05) is 82.7 Å². The third-order valence-electron chi connectivity index (χ3n) is 9.13. The number of aromatic nitrogens is 3. The molecule has 4 aromatic carbocycles. The Morgan fingerprint density at radius 1 is 0.578 bits per heavy atom. The molecule has 0 spiro atoms. The first-order valence-electron chi connectivity index (χ1n) is 17.0. The zero-order valence-corrected chi connectivity index (χ0v) is 28.6. The van der Waals surface area contributed by atoms with Gasteiger partial charge in [0, 0.05) is 25.7 Å². The maximum Gasteiger partial charge on any atom is 0.163 e. The number of unbranched alkanes of at least 4 members (excludes halogenated alkanes) is 6. The smallest absolute Gasteiger partial charge is 0.163 e. The summed E-state index contributed by atoms with van der Waals surface area (Å²) in [5, 5.41) is 7.61. The fourth-order valence-corrected chi connectivity index (χ4v) is 7.78. The average Bonchev–Trinajstić information content (AvgIpc) is 3.60. The molecule has 3 nitrogen and oxygen atoms in total. The normalized spacial score (nSPS) is 11.7. The van der Waals surface area contributed by atoms with Crippen molar-refractivity contribution in [1.82, 2.24) is 14.8 Å². The minimum Gasteiger partial charge on any atom is -0.212 e. The predicted octanol–water partition coefficient (Wildman–Crippen LogP) is 12.1. The van der Waals surface area contributed by atoms with Crippen LogP contribution in [0.5, 0.6) is 0 Å². The van der Waals surface area contributed by atoms with Gasteiger partial charge in [-0.25, -0.2) is 9.67 Å². The molecule has 45 heavy (non-hydrogen) atoms. The Bertz CT molecular complexity index is 1880. The minimum absolute atomic E-state index is 0.784. The molecule has 0 aliphatic heterocycles. The lowest BCUT2D eigenvalue weighted by Gasteiger charge is -2.15. The van der Waals surface area contributed by atoms with Crippen molar-refractivity contribution in [3.63, 3.8) is 0 Å². The number of benzene rings is 4. The van der Waals surface area contributed by atoms with Gasteiger partial charge < -0.3 is 0 Å². The van der Waals surface area contributed by atoms with E-state index in [1.807, 2.05) is 18.3 Å². The number of rotatable bonds is 13. The van der Waals surface area contributed by atoms with E-state index >= 15 is 0 Å². The SMILES string of the molecule is CCCCCCc1ccc(-c2cc(C)c(-n3nc(C)nc3-c3ccc4sc5ccc(CCCCCC)cc5c4c3)c(C)c2)cc1. The monoisotopic (exact) mass is 613 g/mol. The quantitative estimate of drug-likeness (QED) is 0.121. The van der Waals surface area contributed by atoms with Crippen LogP contribution in [-0.4, -0.2) is 14.8 Å². The van der Waals surface area contributed by atoms with Crippen LogP contribution in [-0.2, 0) is 12.8 Å². The molecule has 232 valence electrons. The van der Waals surface area contributed by atoms with Crippen molar-refractivity contribution in [3.05, 3.63) is 101 Å². The first-order valence-corrected chi connectivity index (χ1v) is 17.9. The van der Waals surface area contributed by atoms with Crippen molar-refractivity contribution in [2.24, 2.45) is 0 Å². The lowest BCUT2D eigenvalue weighted by atomic mass is 9.97. The molecule has 6 aromatic rings. The summed E-state index contributed by atoms with van der Waals surface area (Å²) in [6.07, 6.45) is 12.7. The highest BCUT2D eigenvalue weighted by molar-refractivity contribution is 7.25. The molecule has 0 N–H and O–H groups in total. The molecular weight excluding hydrogens is 567 g/mol. The van der Waals surface area contributed by atoms with E-state index in [2.05, 4.69) is 105 Å². The summed E-state index contributed by atoms with van der Waals surface area (Å²) in [6.45, 7) is 10.9. The number of thiophene rings is 1. The van der Waals surface area contributed by atoms with Gasteiger partial charge in [-0.2, -0.15) is 5.10 Å². The number of fused-ring (bicyclic) bond motifs is 3. The molecule has 0 radical (unpaired) electrons. The predicted molar refractivity (Wildman–Crippen MR) is 195 cm³/mol. The molecule has 0 fully saturated rings. The van der Waals surface area contributed by atoms with Crippen molar-refractivity contribution in [2.45, 2.75) is 98.8 Å². The van der Waals surface area contributed by atoms with Crippen LogP contribution in [0.4, 0.5) is 0 Å². The zero-order valence-electron chi connectivity index (χ0n) is 27.7. The second-order valence-corrected chi connectivity index (χ2v) is 13.9. The Labute approximate surface area is 273 Å².